The number of alkyl halides is 3. The summed E-state index contributed by atoms with van der Waals surface area (Å²) in [7, 11) is 0. The summed E-state index contributed by atoms with van der Waals surface area (Å²) in [6.45, 7) is 1.93. The second-order valence-electron chi connectivity index (χ2n) is 8.23. The van der Waals surface area contributed by atoms with Gasteiger partial charge in [0.15, 0.2) is 5.82 Å². The summed E-state index contributed by atoms with van der Waals surface area (Å²) in [6.07, 6.45) is 1.49. The highest BCUT2D eigenvalue weighted by atomic mass is 19.4. The number of imidazole rings is 1. The van der Waals surface area contributed by atoms with Crippen molar-refractivity contribution in [1.82, 2.24) is 24.3 Å². The molecule has 1 N–H and O–H groups in total. The molecule has 0 unspecified atom stereocenters. The molecule has 10 heteroatoms. The van der Waals surface area contributed by atoms with Crippen LogP contribution in [0, 0.1) is 5.92 Å². The lowest BCUT2D eigenvalue weighted by atomic mass is 9.87. The standard InChI is InChI=1S/C24H21F3N6O/c1-2-18-20(33-11-3-10-28-23(33)32-18)22(34)30-17-7-4-14(5-8-17)21-29-13-15-12-16(24(25,26)27)6-9-19(15)31-21/h3-5,7-8,10-11,13,16H,2,6,9,12H2,1H3,(H,30,34)/t16-/m1/s1. The largest absolute Gasteiger partial charge is 0.392 e. The molecule has 7 nitrogen and oxygen atoms in total. The van der Waals surface area contributed by atoms with Crippen molar-refractivity contribution >= 4 is 17.4 Å². The quantitative estimate of drug-likeness (QED) is 0.473. The van der Waals surface area contributed by atoms with Crippen LogP contribution < -0.4 is 5.32 Å². The van der Waals surface area contributed by atoms with E-state index < -0.39 is 12.1 Å². The van der Waals surface area contributed by atoms with Gasteiger partial charge in [0.25, 0.3) is 5.91 Å². The van der Waals surface area contributed by atoms with Gasteiger partial charge in [-0.3, -0.25) is 9.20 Å². The predicted octanol–water partition coefficient (Wildman–Crippen LogP) is 4.67. The van der Waals surface area contributed by atoms with E-state index in [1.165, 1.54) is 6.20 Å². The van der Waals surface area contributed by atoms with E-state index in [2.05, 4.69) is 25.3 Å². The van der Waals surface area contributed by atoms with Crippen molar-refractivity contribution < 1.29 is 18.0 Å². The first-order valence-corrected chi connectivity index (χ1v) is 11.0. The van der Waals surface area contributed by atoms with Crippen molar-refractivity contribution in [3.05, 3.63) is 71.6 Å². The van der Waals surface area contributed by atoms with Gasteiger partial charge < -0.3 is 5.32 Å². The van der Waals surface area contributed by atoms with Gasteiger partial charge in [0, 0.05) is 35.5 Å². The number of nitrogens with zero attached hydrogens (tertiary/aromatic N) is 5. The molecule has 0 saturated heterocycles. The minimum atomic E-state index is -4.20. The summed E-state index contributed by atoms with van der Waals surface area (Å²) in [6, 6.07) is 8.76. The number of benzene rings is 1. The maximum Gasteiger partial charge on any atom is 0.392 e. The van der Waals surface area contributed by atoms with Crippen molar-refractivity contribution in [2.75, 3.05) is 5.32 Å². The fourth-order valence-corrected chi connectivity index (χ4v) is 4.24. The first kappa shape index (κ1) is 22.0. The number of rotatable bonds is 4. The van der Waals surface area contributed by atoms with Gasteiger partial charge in [-0.1, -0.05) is 6.92 Å². The number of fused-ring (bicyclic) bond motifs is 2. The van der Waals surface area contributed by atoms with Crippen LogP contribution in [0.3, 0.4) is 0 Å². The lowest BCUT2D eigenvalue weighted by Gasteiger charge is -2.25. The SMILES string of the molecule is CCc1nc2ncccn2c1C(=O)Nc1ccc(-c2ncc3c(n2)CC[C@@H](C(F)(F)F)C3)cc1. The van der Waals surface area contributed by atoms with Crippen molar-refractivity contribution in [3.8, 4) is 11.4 Å². The molecule has 3 heterocycles. The average Bonchev–Trinajstić information content (AvgIpc) is 3.22. The van der Waals surface area contributed by atoms with Crippen LogP contribution in [0.1, 0.15) is 40.8 Å². The molecule has 174 valence electrons. The van der Waals surface area contributed by atoms with E-state index in [0.29, 0.717) is 51.9 Å². The fraction of sp³-hybridized carbons (Fsp3) is 0.292. The Morgan fingerprint density at radius 1 is 1.18 bits per heavy atom. The van der Waals surface area contributed by atoms with Gasteiger partial charge in [-0.25, -0.2) is 19.9 Å². The van der Waals surface area contributed by atoms with Crippen LogP contribution >= 0.6 is 0 Å². The molecule has 0 fully saturated rings. The van der Waals surface area contributed by atoms with Crippen LogP contribution in [0.4, 0.5) is 18.9 Å². The van der Waals surface area contributed by atoms with E-state index in [1.54, 1.807) is 47.1 Å². The fourth-order valence-electron chi connectivity index (χ4n) is 4.24. The lowest BCUT2D eigenvalue weighted by Crippen LogP contribution is -2.29. The highest BCUT2D eigenvalue weighted by Crippen LogP contribution is 2.36. The molecule has 1 aromatic carbocycles. The topological polar surface area (TPSA) is 85.1 Å². The molecule has 1 atom stereocenters. The van der Waals surface area contributed by atoms with Crippen molar-refractivity contribution in [2.24, 2.45) is 5.92 Å². The lowest BCUT2D eigenvalue weighted by molar-refractivity contribution is -0.177. The molecule has 1 aliphatic carbocycles. The number of nitrogens with one attached hydrogen (secondary N) is 1. The smallest absolute Gasteiger partial charge is 0.321 e. The monoisotopic (exact) mass is 466 g/mol. The zero-order chi connectivity index (χ0) is 23.9. The Balaban J connectivity index is 1.34. The first-order valence-electron chi connectivity index (χ1n) is 11.0. The van der Waals surface area contributed by atoms with Crippen LogP contribution in [0.2, 0.25) is 0 Å². The number of carbonyl (C=O) groups excluding carboxylic acids is 1. The van der Waals surface area contributed by atoms with Crippen molar-refractivity contribution in [1.29, 1.82) is 0 Å². The minimum Gasteiger partial charge on any atom is -0.321 e. The summed E-state index contributed by atoms with van der Waals surface area (Å²) in [5, 5.41) is 2.88. The van der Waals surface area contributed by atoms with Crippen LogP contribution in [-0.2, 0) is 19.3 Å². The number of aryl methyl sites for hydroxylation is 2. The normalized spacial score (nSPS) is 15.8. The molecule has 0 spiro atoms. The Kier molecular flexibility index (Phi) is 5.51. The minimum absolute atomic E-state index is 0.0382. The number of anilines is 1. The molecular formula is C24H21F3N6O. The second kappa shape index (κ2) is 8.51. The van der Waals surface area contributed by atoms with Gasteiger partial charge in [0.05, 0.1) is 11.6 Å². The molecule has 5 rings (SSSR count). The Labute approximate surface area is 193 Å². The van der Waals surface area contributed by atoms with Gasteiger partial charge in [0.2, 0.25) is 5.78 Å². The summed E-state index contributed by atoms with van der Waals surface area (Å²) in [5.74, 6) is -0.724. The zero-order valence-corrected chi connectivity index (χ0v) is 18.3. The van der Waals surface area contributed by atoms with Crippen LogP contribution in [0.15, 0.2) is 48.9 Å². The molecule has 1 amide bonds. The van der Waals surface area contributed by atoms with Crippen LogP contribution in [-0.4, -0.2) is 36.4 Å². The summed E-state index contributed by atoms with van der Waals surface area (Å²) >= 11 is 0. The van der Waals surface area contributed by atoms with Crippen molar-refractivity contribution in [3.63, 3.8) is 0 Å². The van der Waals surface area contributed by atoms with E-state index in [4.69, 9.17) is 0 Å². The molecule has 3 aromatic heterocycles. The number of halogens is 3. The van der Waals surface area contributed by atoms with E-state index >= 15 is 0 Å². The summed E-state index contributed by atoms with van der Waals surface area (Å²) in [5.41, 5.74) is 3.60. The van der Waals surface area contributed by atoms with E-state index in [9.17, 15) is 18.0 Å². The number of carbonyl (C=O) groups is 1. The maximum atomic E-state index is 13.0. The Hall–Kier alpha value is -3.82. The number of hydrogen-bond acceptors (Lipinski definition) is 5. The third-order valence-corrected chi connectivity index (χ3v) is 6.04. The highest BCUT2D eigenvalue weighted by molar-refractivity contribution is 6.04. The average molecular weight is 466 g/mol. The van der Waals surface area contributed by atoms with E-state index in [0.717, 1.165) is 0 Å². The summed E-state index contributed by atoms with van der Waals surface area (Å²) < 4.78 is 40.8. The van der Waals surface area contributed by atoms with E-state index in [-0.39, 0.29) is 25.2 Å². The number of amides is 1. The molecular weight excluding hydrogens is 445 g/mol. The molecule has 1 aliphatic rings. The molecule has 0 aliphatic heterocycles. The number of hydrogen-bond donors (Lipinski definition) is 1. The Morgan fingerprint density at radius 2 is 1.97 bits per heavy atom. The van der Waals surface area contributed by atoms with Gasteiger partial charge >= 0.3 is 6.18 Å². The van der Waals surface area contributed by atoms with E-state index in [1.807, 2.05) is 6.92 Å². The molecule has 0 saturated carbocycles. The van der Waals surface area contributed by atoms with Gasteiger partial charge in [-0.05, 0) is 61.6 Å². The maximum absolute atomic E-state index is 13.0. The Morgan fingerprint density at radius 3 is 2.71 bits per heavy atom. The third-order valence-electron chi connectivity index (χ3n) is 6.04. The van der Waals surface area contributed by atoms with Crippen LogP contribution in [0.25, 0.3) is 17.2 Å². The predicted molar refractivity (Wildman–Crippen MR) is 119 cm³/mol. The summed E-state index contributed by atoms with van der Waals surface area (Å²) in [4.78, 5) is 30.4. The molecule has 0 radical (unpaired) electrons. The third kappa shape index (κ3) is 4.11. The van der Waals surface area contributed by atoms with Crippen molar-refractivity contribution in [2.45, 2.75) is 38.8 Å². The van der Waals surface area contributed by atoms with Crippen LogP contribution in [0.5, 0.6) is 0 Å². The molecule has 0 bridgehead atoms. The Bertz CT molecular complexity index is 1360. The first-order chi connectivity index (χ1) is 16.3. The molecule has 34 heavy (non-hydrogen) atoms. The van der Waals surface area contributed by atoms with Gasteiger partial charge in [0.1, 0.15) is 5.69 Å². The number of aromatic nitrogens is 5. The van der Waals surface area contributed by atoms with Gasteiger partial charge in [-0.15, -0.1) is 0 Å². The van der Waals surface area contributed by atoms with Gasteiger partial charge in [-0.2, -0.15) is 13.2 Å². The highest BCUT2D eigenvalue weighted by Gasteiger charge is 2.41. The zero-order valence-electron chi connectivity index (χ0n) is 18.3. The molecule has 4 aromatic rings. The second-order valence-corrected chi connectivity index (χ2v) is 8.23.